The van der Waals surface area contributed by atoms with Gasteiger partial charge in [0.15, 0.2) is 0 Å². The van der Waals surface area contributed by atoms with Crippen LogP contribution in [-0.2, 0) is 0 Å². The molecule has 2 aromatic heterocycles. The minimum absolute atomic E-state index is 0.0814. The molecule has 2 N–H and O–H groups in total. The number of hydrogen-bond acceptors (Lipinski definition) is 3. The van der Waals surface area contributed by atoms with Gasteiger partial charge in [-0.25, -0.2) is 0 Å². The molecule has 1 unspecified atom stereocenters. The molecule has 2 heterocycles. The second-order valence-corrected chi connectivity index (χ2v) is 5.35. The number of pyridine rings is 1. The summed E-state index contributed by atoms with van der Waals surface area (Å²) >= 11 is 1.71. The summed E-state index contributed by atoms with van der Waals surface area (Å²) in [6.45, 7) is 2.10. The molecule has 2 nitrogen and oxygen atoms in total. The van der Waals surface area contributed by atoms with Gasteiger partial charge in [-0.3, -0.25) is 4.98 Å². The van der Waals surface area contributed by atoms with E-state index in [2.05, 4.69) is 35.5 Å². The number of nitrogens with zero attached hydrogens (tertiary/aromatic N) is 1. The first-order valence-corrected chi connectivity index (χ1v) is 6.78. The van der Waals surface area contributed by atoms with Crippen molar-refractivity contribution in [1.29, 1.82) is 0 Å². The Morgan fingerprint density at radius 3 is 2.83 bits per heavy atom. The highest BCUT2D eigenvalue weighted by molar-refractivity contribution is 7.10. The van der Waals surface area contributed by atoms with Crippen LogP contribution < -0.4 is 5.73 Å². The summed E-state index contributed by atoms with van der Waals surface area (Å²) in [6.07, 6.45) is 1.88. The molecule has 0 bridgehead atoms. The molecule has 0 saturated heterocycles. The Balaban J connectivity index is 2.07. The van der Waals surface area contributed by atoms with Gasteiger partial charge in [-0.2, -0.15) is 0 Å². The number of aryl methyl sites for hydroxylation is 1. The molecular weight excluding hydrogens is 240 g/mol. The zero-order valence-corrected chi connectivity index (χ0v) is 10.9. The van der Waals surface area contributed by atoms with E-state index in [0.717, 1.165) is 16.5 Å². The molecule has 0 fully saturated rings. The van der Waals surface area contributed by atoms with E-state index in [9.17, 15) is 0 Å². The van der Waals surface area contributed by atoms with Gasteiger partial charge >= 0.3 is 0 Å². The number of thiophene rings is 1. The van der Waals surface area contributed by atoms with Crippen LogP contribution in [-0.4, -0.2) is 4.98 Å². The van der Waals surface area contributed by atoms with Crippen molar-refractivity contribution < 1.29 is 0 Å². The zero-order valence-electron chi connectivity index (χ0n) is 10.1. The molecule has 0 spiro atoms. The van der Waals surface area contributed by atoms with E-state index in [4.69, 9.17) is 5.73 Å². The van der Waals surface area contributed by atoms with Gasteiger partial charge in [-0.1, -0.05) is 18.2 Å². The summed E-state index contributed by atoms with van der Waals surface area (Å²) in [4.78, 5) is 5.68. The van der Waals surface area contributed by atoms with Crippen molar-refractivity contribution in [1.82, 2.24) is 4.98 Å². The minimum Gasteiger partial charge on any atom is -0.320 e. The van der Waals surface area contributed by atoms with Crippen molar-refractivity contribution in [2.45, 2.75) is 13.0 Å². The molecule has 0 aliphatic heterocycles. The predicted molar refractivity (Wildman–Crippen MR) is 76.8 cm³/mol. The van der Waals surface area contributed by atoms with Gasteiger partial charge in [0.2, 0.25) is 0 Å². The second-order valence-electron chi connectivity index (χ2n) is 4.41. The molecular formula is C15H14N2S. The van der Waals surface area contributed by atoms with E-state index in [-0.39, 0.29) is 6.04 Å². The lowest BCUT2D eigenvalue weighted by Crippen LogP contribution is -2.11. The summed E-state index contributed by atoms with van der Waals surface area (Å²) in [5, 5.41) is 3.22. The first-order chi connectivity index (χ1) is 8.75. The molecule has 0 saturated carbocycles. The Morgan fingerprint density at radius 1 is 1.22 bits per heavy atom. The molecule has 1 atom stereocenters. The zero-order chi connectivity index (χ0) is 12.5. The minimum atomic E-state index is -0.0814. The summed E-state index contributed by atoms with van der Waals surface area (Å²) in [7, 11) is 0. The average molecular weight is 254 g/mol. The fourth-order valence-electron chi connectivity index (χ4n) is 2.11. The third-order valence-electron chi connectivity index (χ3n) is 3.15. The van der Waals surface area contributed by atoms with Gasteiger partial charge in [0.25, 0.3) is 0 Å². The predicted octanol–water partition coefficient (Wildman–Crippen LogP) is 3.65. The van der Waals surface area contributed by atoms with Gasteiger partial charge in [0.1, 0.15) is 0 Å². The van der Waals surface area contributed by atoms with Gasteiger partial charge in [0, 0.05) is 16.5 Å². The van der Waals surface area contributed by atoms with Crippen molar-refractivity contribution >= 4 is 22.2 Å². The first kappa shape index (κ1) is 11.4. The molecule has 0 aliphatic rings. The molecule has 3 rings (SSSR count). The standard InChI is InChI=1S/C15H14N2S/c1-10-6-7-18-15(10)14(16)12-8-11-4-2-3-5-13(11)17-9-12/h2-9,14H,16H2,1H3. The third-order valence-corrected chi connectivity index (χ3v) is 4.26. The number of hydrogen-bond donors (Lipinski definition) is 1. The smallest absolute Gasteiger partial charge is 0.0702 e. The Hall–Kier alpha value is -1.71. The summed E-state index contributed by atoms with van der Waals surface area (Å²) < 4.78 is 0. The lowest BCUT2D eigenvalue weighted by molar-refractivity contribution is 0.880. The lowest BCUT2D eigenvalue weighted by atomic mass is 10.0. The highest BCUT2D eigenvalue weighted by Gasteiger charge is 2.13. The quantitative estimate of drug-likeness (QED) is 0.758. The maximum absolute atomic E-state index is 6.32. The van der Waals surface area contributed by atoms with Gasteiger partial charge in [0.05, 0.1) is 11.6 Å². The van der Waals surface area contributed by atoms with Crippen LogP contribution in [0.5, 0.6) is 0 Å². The van der Waals surface area contributed by atoms with Crippen molar-refractivity contribution in [3.05, 3.63) is 64.0 Å². The number of nitrogens with two attached hydrogens (primary N) is 1. The van der Waals surface area contributed by atoms with Crippen LogP contribution in [0.2, 0.25) is 0 Å². The molecule has 1 aromatic carbocycles. The molecule has 0 radical (unpaired) electrons. The fourth-order valence-corrected chi connectivity index (χ4v) is 3.07. The van der Waals surface area contributed by atoms with E-state index >= 15 is 0 Å². The molecule has 0 aliphatic carbocycles. The largest absolute Gasteiger partial charge is 0.320 e. The van der Waals surface area contributed by atoms with Crippen molar-refractivity contribution in [2.24, 2.45) is 5.73 Å². The van der Waals surface area contributed by atoms with Crippen molar-refractivity contribution in [3.63, 3.8) is 0 Å². The van der Waals surface area contributed by atoms with Gasteiger partial charge < -0.3 is 5.73 Å². The molecule has 90 valence electrons. The molecule has 3 aromatic rings. The maximum atomic E-state index is 6.32. The fraction of sp³-hybridized carbons (Fsp3) is 0.133. The number of para-hydroxylation sites is 1. The van der Waals surface area contributed by atoms with Gasteiger partial charge in [-0.15, -0.1) is 11.3 Å². The van der Waals surface area contributed by atoms with Gasteiger partial charge in [-0.05, 0) is 41.6 Å². The van der Waals surface area contributed by atoms with Crippen LogP contribution in [0, 0.1) is 6.92 Å². The topological polar surface area (TPSA) is 38.9 Å². The molecule has 0 amide bonds. The Morgan fingerprint density at radius 2 is 2.06 bits per heavy atom. The Bertz CT molecular complexity index is 688. The highest BCUT2D eigenvalue weighted by atomic mass is 32.1. The summed E-state index contributed by atoms with van der Waals surface area (Å²) in [6, 6.07) is 12.3. The van der Waals surface area contributed by atoms with E-state index in [1.807, 2.05) is 24.4 Å². The Kier molecular flexibility index (Phi) is 2.86. The first-order valence-electron chi connectivity index (χ1n) is 5.90. The SMILES string of the molecule is Cc1ccsc1C(N)c1cnc2ccccc2c1. The second kappa shape index (κ2) is 4.52. The van der Waals surface area contributed by atoms with E-state index in [0.29, 0.717) is 0 Å². The van der Waals surface area contributed by atoms with E-state index < -0.39 is 0 Å². The number of benzene rings is 1. The van der Waals surface area contributed by atoms with E-state index in [1.165, 1.54) is 10.4 Å². The third kappa shape index (κ3) is 1.92. The number of fused-ring (bicyclic) bond motifs is 1. The van der Waals surface area contributed by atoms with Crippen LogP contribution in [0.25, 0.3) is 10.9 Å². The number of rotatable bonds is 2. The summed E-state index contributed by atoms with van der Waals surface area (Å²) in [5.41, 5.74) is 9.65. The molecule has 3 heteroatoms. The average Bonchev–Trinajstić information content (AvgIpc) is 2.83. The lowest BCUT2D eigenvalue weighted by Gasteiger charge is -2.12. The highest BCUT2D eigenvalue weighted by Crippen LogP contribution is 2.28. The van der Waals surface area contributed by atoms with Crippen LogP contribution in [0.15, 0.2) is 48.0 Å². The van der Waals surface area contributed by atoms with Crippen LogP contribution in [0.3, 0.4) is 0 Å². The Labute approximate surface area is 110 Å². The van der Waals surface area contributed by atoms with Crippen LogP contribution >= 0.6 is 11.3 Å². The molecule has 18 heavy (non-hydrogen) atoms. The van der Waals surface area contributed by atoms with Crippen molar-refractivity contribution in [2.75, 3.05) is 0 Å². The number of aromatic nitrogens is 1. The van der Waals surface area contributed by atoms with Crippen LogP contribution in [0.4, 0.5) is 0 Å². The normalized spacial score (nSPS) is 12.8. The monoisotopic (exact) mass is 254 g/mol. The maximum Gasteiger partial charge on any atom is 0.0702 e. The van der Waals surface area contributed by atoms with Crippen LogP contribution in [0.1, 0.15) is 22.0 Å². The van der Waals surface area contributed by atoms with Crippen molar-refractivity contribution in [3.8, 4) is 0 Å². The van der Waals surface area contributed by atoms with E-state index in [1.54, 1.807) is 11.3 Å². The summed E-state index contributed by atoms with van der Waals surface area (Å²) in [5.74, 6) is 0.